The van der Waals surface area contributed by atoms with Crippen LogP contribution in [0.2, 0.25) is 0 Å². The van der Waals surface area contributed by atoms with Crippen LogP contribution in [0.5, 0.6) is 0 Å². The van der Waals surface area contributed by atoms with Crippen LogP contribution in [0, 0.1) is 13.8 Å². The van der Waals surface area contributed by atoms with Gasteiger partial charge in [-0.1, -0.05) is 23.8 Å². The van der Waals surface area contributed by atoms with Gasteiger partial charge in [0.15, 0.2) is 5.96 Å². The zero-order valence-corrected chi connectivity index (χ0v) is 16.9. The number of aryl methyl sites for hydroxylation is 2. The fourth-order valence-corrected chi connectivity index (χ4v) is 2.35. The molecule has 2 rings (SSSR count). The lowest BCUT2D eigenvalue weighted by molar-refractivity contribution is 0.0668. The molecular weight excluding hydrogens is 439 g/mol. The van der Waals surface area contributed by atoms with Crippen LogP contribution in [0.1, 0.15) is 36.0 Å². The van der Waals surface area contributed by atoms with Gasteiger partial charge in [-0.2, -0.15) is 8.78 Å². The first-order valence-electron chi connectivity index (χ1n) is 7.89. The first-order valence-corrected chi connectivity index (χ1v) is 7.89. The number of aromatic nitrogens is 2. The maximum atomic E-state index is 12.8. The molecule has 138 valence electrons. The Morgan fingerprint density at radius 2 is 2.04 bits per heavy atom. The number of alkyl halides is 2. The Hall–Kier alpha value is -1.71. The minimum absolute atomic E-state index is 0. The van der Waals surface area contributed by atoms with Crippen molar-refractivity contribution in [1.29, 1.82) is 0 Å². The number of hydrogen-bond acceptors (Lipinski definition) is 2. The molecule has 0 aliphatic rings. The Balaban J connectivity index is 0.00000312. The predicted molar refractivity (Wildman–Crippen MR) is 106 cm³/mol. The fourth-order valence-electron chi connectivity index (χ4n) is 2.35. The molecule has 5 nitrogen and oxygen atoms in total. The highest BCUT2D eigenvalue weighted by Gasteiger charge is 2.11. The van der Waals surface area contributed by atoms with E-state index in [1.165, 1.54) is 23.5 Å². The summed E-state index contributed by atoms with van der Waals surface area (Å²) in [6.07, 6.45) is 2.63. The maximum Gasteiger partial charge on any atom is 0.319 e. The normalized spacial score (nSPS) is 11.4. The Morgan fingerprint density at radius 3 is 2.68 bits per heavy atom. The third kappa shape index (κ3) is 6.26. The molecule has 0 saturated heterocycles. The van der Waals surface area contributed by atoms with E-state index in [9.17, 15) is 8.78 Å². The second-order valence-corrected chi connectivity index (χ2v) is 5.51. The number of guanidine groups is 1. The number of nitrogens with zero attached hydrogens (tertiary/aromatic N) is 3. The van der Waals surface area contributed by atoms with E-state index in [1.807, 2.05) is 6.92 Å². The van der Waals surface area contributed by atoms with Crippen LogP contribution in [-0.4, -0.2) is 22.1 Å². The summed E-state index contributed by atoms with van der Waals surface area (Å²) in [4.78, 5) is 8.47. The second kappa shape index (κ2) is 10.3. The Morgan fingerprint density at radius 1 is 1.28 bits per heavy atom. The van der Waals surface area contributed by atoms with E-state index < -0.39 is 6.55 Å². The molecule has 0 radical (unpaired) electrons. The summed E-state index contributed by atoms with van der Waals surface area (Å²) >= 11 is 0. The monoisotopic (exact) mass is 463 g/mol. The van der Waals surface area contributed by atoms with E-state index in [0.717, 1.165) is 10.1 Å². The lowest BCUT2D eigenvalue weighted by atomic mass is 10.1. The summed E-state index contributed by atoms with van der Waals surface area (Å²) in [7, 11) is 0. The number of nitrogens with one attached hydrogen (secondary N) is 2. The van der Waals surface area contributed by atoms with E-state index >= 15 is 0 Å². The van der Waals surface area contributed by atoms with Crippen molar-refractivity contribution in [2.45, 2.75) is 40.4 Å². The van der Waals surface area contributed by atoms with Crippen molar-refractivity contribution >= 4 is 29.9 Å². The largest absolute Gasteiger partial charge is 0.357 e. The van der Waals surface area contributed by atoms with Gasteiger partial charge >= 0.3 is 6.55 Å². The van der Waals surface area contributed by atoms with Crippen molar-refractivity contribution in [3.05, 3.63) is 53.1 Å². The summed E-state index contributed by atoms with van der Waals surface area (Å²) in [5, 5.41) is 6.15. The van der Waals surface area contributed by atoms with Crippen LogP contribution in [0.25, 0.3) is 0 Å². The number of benzene rings is 1. The average Bonchev–Trinajstić information content (AvgIpc) is 3.00. The molecule has 2 aromatic rings. The van der Waals surface area contributed by atoms with E-state index in [4.69, 9.17) is 0 Å². The van der Waals surface area contributed by atoms with Crippen LogP contribution in [0.4, 0.5) is 8.78 Å². The van der Waals surface area contributed by atoms with Gasteiger partial charge in [0, 0.05) is 18.9 Å². The van der Waals surface area contributed by atoms with Gasteiger partial charge in [-0.3, -0.25) is 4.57 Å². The summed E-state index contributed by atoms with van der Waals surface area (Å²) in [5.41, 5.74) is 3.53. The summed E-state index contributed by atoms with van der Waals surface area (Å²) in [6, 6.07) is 6.23. The fraction of sp³-hybridized carbons (Fsp3) is 0.412. The van der Waals surface area contributed by atoms with Gasteiger partial charge in [0.1, 0.15) is 5.82 Å². The summed E-state index contributed by atoms with van der Waals surface area (Å²) in [5.74, 6) is 0.836. The Bertz CT molecular complexity index is 700. The highest BCUT2D eigenvalue weighted by Crippen LogP contribution is 2.13. The van der Waals surface area contributed by atoms with Gasteiger partial charge in [-0.25, -0.2) is 9.98 Å². The van der Waals surface area contributed by atoms with Gasteiger partial charge in [0.2, 0.25) is 0 Å². The van der Waals surface area contributed by atoms with E-state index in [1.54, 1.807) is 0 Å². The van der Waals surface area contributed by atoms with Crippen molar-refractivity contribution < 1.29 is 8.78 Å². The summed E-state index contributed by atoms with van der Waals surface area (Å²) < 4.78 is 26.5. The van der Waals surface area contributed by atoms with Crippen LogP contribution in [0.15, 0.2) is 35.6 Å². The van der Waals surface area contributed by atoms with Gasteiger partial charge in [0.25, 0.3) is 0 Å². The van der Waals surface area contributed by atoms with Gasteiger partial charge in [-0.15, -0.1) is 24.0 Å². The molecule has 0 saturated carbocycles. The summed E-state index contributed by atoms with van der Waals surface area (Å²) in [6.45, 7) is 4.84. The molecule has 0 amide bonds. The first-order chi connectivity index (χ1) is 11.5. The number of rotatable bonds is 6. The minimum Gasteiger partial charge on any atom is -0.357 e. The predicted octanol–water partition coefficient (Wildman–Crippen LogP) is 3.77. The molecule has 1 aromatic carbocycles. The molecule has 1 heterocycles. The molecule has 8 heteroatoms. The van der Waals surface area contributed by atoms with Crippen molar-refractivity contribution in [2.24, 2.45) is 4.99 Å². The molecule has 2 N–H and O–H groups in total. The molecule has 1 aromatic heterocycles. The Kier molecular flexibility index (Phi) is 8.81. The van der Waals surface area contributed by atoms with Crippen molar-refractivity contribution in [3.63, 3.8) is 0 Å². The maximum absolute atomic E-state index is 12.8. The van der Waals surface area contributed by atoms with Crippen LogP contribution < -0.4 is 10.6 Å². The number of aliphatic imine (C=N–C) groups is 1. The minimum atomic E-state index is -2.60. The van der Waals surface area contributed by atoms with Gasteiger partial charge in [-0.05, 0) is 31.9 Å². The third-order valence-electron chi connectivity index (χ3n) is 3.62. The van der Waals surface area contributed by atoms with Crippen LogP contribution in [-0.2, 0) is 13.1 Å². The zero-order chi connectivity index (χ0) is 17.5. The quantitative estimate of drug-likeness (QED) is 0.390. The standard InChI is InChI=1S/C17H23F2N5.HI/c1-4-20-17(22-10-14-6-5-12(2)9-13(14)3)23-11-15-21-7-8-24(15)16(18)19;/h5-9,16H,4,10-11H2,1-3H3,(H2,20,22,23);1H. The third-order valence-corrected chi connectivity index (χ3v) is 3.62. The second-order valence-electron chi connectivity index (χ2n) is 5.51. The van der Waals surface area contributed by atoms with E-state index in [0.29, 0.717) is 19.0 Å². The van der Waals surface area contributed by atoms with Crippen LogP contribution >= 0.6 is 24.0 Å². The lowest BCUT2D eigenvalue weighted by Gasteiger charge is -2.13. The molecule has 0 spiro atoms. The van der Waals surface area contributed by atoms with Crippen molar-refractivity contribution in [1.82, 2.24) is 20.2 Å². The first kappa shape index (κ1) is 21.3. The Labute approximate surface area is 164 Å². The lowest BCUT2D eigenvalue weighted by Crippen LogP contribution is -2.37. The molecule has 0 bridgehead atoms. The highest BCUT2D eigenvalue weighted by molar-refractivity contribution is 14.0. The SMILES string of the molecule is CCNC(=NCc1ccc(C)cc1C)NCc1nccn1C(F)F.I. The molecular formula is C17H24F2IN5. The number of halogens is 3. The van der Waals surface area contributed by atoms with Gasteiger partial charge in [0.05, 0.1) is 13.1 Å². The van der Waals surface area contributed by atoms with Crippen molar-refractivity contribution in [2.75, 3.05) is 6.54 Å². The molecule has 0 unspecified atom stereocenters. The van der Waals surface area contributed by atoms with Crippen molar-refractivity contribution in [3.8, 4) is 0 Å². The van der Waals surface area contributed by atoms with E-state index in [-0.39, 0.29) is 36.3 Å². The topological polar surface area (TPSA) is 54.2 Å². The molecule has 0 aliphatic carbocycles. The molecule has 25 heavy (non-hydrogen) atoms. The molecule has 0 fully saturated rings. The smallest absolute Gasteiger partial charge is 0.319 e. The molecule has 0 atom stereocenters. The highest BCUT2D eigenvalue weighted by atomic mass is 127. The number of imidazole rings is 1. The van der Waals surface area contributed by atoms with E-state index in [2.05, 4.69) is 52.7 Å². The van der Waals surface area contributed by atoms with Gasteiger partial charge < -0.3 is 10.6 Å². The van der Waals surface area contributed by atoms with Crippen LogP contribution in [0.3, 0.4) is 0 Å². The number of hydrogen-bond donors (Lipinski definition) is 2. The molecule has 0 aliphatic heterocycles. The average molecular weight is 463 g/mol. The zero-order valence-electron chi connectivity index (χ0n) is 14.6.